The minimum absolute atomic E-state index is 0.0816. The fraction of sp³-hybridized carbons (Fsp3) is 0.500. The average Bonchev–Trinajstić information content (AvgIpc) is 2.64. The van der Waals surface area contributed by atoms with Crippen LogP contribution in [0.4, 0.5) is 0 Å². The zero-order valence-corrected chi connectivity index (χ0v) is 8.53. The lowest BCUT2D eigenvalue weighted by Crippen LogP contribution is -2.48. The molecular weight excluding hydrogens is 212 g/mol. The Morgan fingerprint density at radius 1 is 1.69 bits per heavy atom. The zero-order valence-electron chi connectivity index (χ0n) is 8.53. The number of terminal acetylenes is 1. The monoisotopic (exact) mass is 224 g/mol. The van der Waals surface area contributed by atoms with Crippen LogP contribution in [0.5, 0.6) is 0 Å². The molecule has 0 spiro atoms. The van der Waals surface area contributed by atoms with Gasteiger partial charge in [0.15, 0.2) is 0 Å². The van der Waals surface area contributed by atoms with Gasteiger partial charge in [-0.1, -0.05) is 0 Å². The van der Waals surface area contributed by atoms with Crippen LogP contribution in [0.2, 0.25) is 0 Å². The summed E-state index contributed by atoms with van der Waals surface area (Å²) >= 11 is 0. The molecule has 0 unspecified atom stereocenters. The lowest BCUT2D eigenvalue weighted by atomic mass is 10.1. The molecule has 1 saturated heterocycles. The van der Waals surface area contributed by atoms with E-state index in [0.29, 0.717) is 6.42 Å². The summed E-state index contributed by atoms with van der Waals surface area (Å²) in [5.41, 5.74) is 0. The normalized spacial score (nSPS) is 20.7. The van der Waals surface area contributed by atoms with Gasteiger partial charge < -0.3 is 15.7 Å². The topological polar surface area (TPSA) is 95.5 Å². The first-order chi connectivity index (χ1) is 7.54. The second-order valence-corrected chi connectivity index (χ2v) is 3.47. The molecule has 0 saturated carbocycles. The molecule has 3 N–H and O–H groups in total. The Kier molecular flexibility index (Phi) is 3.89. The highest BCUT2D eigenvalue weighted by Crippen LogP contribution is 2.07. The molecule has 0 radical (unpaired) electrons. The summed E-state index contributed by atoms with van der Waals surface area (Å²) in [6.07, 6.45) is 5.57. The van der Waals surface area contributed by atoms with Crippen LogP contribution in [-0.4, -0.2) is 35.0 Å². The van der Waals surface area contributed by atoms with E-state index in [1.807, 2.05) is 0 Å². The summed E-state index contributed by atoms with van der Waals surface area (Å²) in [5, 5.41) is 13.5. The highest BCUT2D eigenvalue weighted by molar-refractivity contribution is 5.92. The van der Waals surface area contributed by atoms with Crippen molar-refractivity contribution < 1.29 is 19.5 Å². The van der Waals surface area contributed by atoms with Crippen molar-refractivity contribution in [1.82, 2.24) is 10.6 Å². The van der Waals surface area contributed by atoms with E-state index >= 15 is 0 Å². The van der Waals surface area contributed by atoms with Gasteiger partial charge in [0, 0.05) is 12.8 Å². The summed E-state index contributed by atoms with van der Waals surface area (Å²) in [5.74, 6) is 0.276. The molecule has 1 aliphatic heterocycles. The second-order valence-electron chi connectivity index (χ2n) is 3.47. The van der Waals surface area contributed by atoms with Crippen LogP contribution in [0.15, 0.2) is 0 Å². The molecular formula is C10H12N2O4. The number of carbonyl (C=O) groups excluding carboxylic acids is 2. The SMILES string of the molecule is C#CC[C@@H](NC(=O)[C@H]1CCC(=O)N1)C(=O)O. The third-order valence-corrected chi connectivity index (χ3v) is 2.25. The number of amides is 2. The quantitative estimate of drug-likeness (QED) is 0.526. The van der Waals surface area contributed by atoms with E-state index in [1.165, 1.54) is 0 Å². The largest absolute Gasteiger partial charge is 0.480 e. The van der Waals surface area contributed by atoms with E-state index in [-0.39, 0.29) is 18.7 Å². The Labute approximate surface area is 92.4 Å². The van der Waals surface area contributed by atoms with Crippen molar-refractivity contribution in [1.29, 1.82) is 0 Å². The van der Waals surface area contributed by atoms with E-state index in [0.717, 1.165) is 0 Å². The summed E-state index contributed by atoms with van der Waals surface area (Å²) in [6, 6.07) is -1.75. The van der Waals surface area contributed by atoms with Crippen LogP contribution < -0.4 is 10.6 Å². The molecule has 6 heteroatoms. The molecule has 86 valence electrons. The van der Waals surface area contributed by atoms with E-state index in [1.54, 1.807) is 0 Å². The van der Waals surface area contributed by atoms with Crippen molar-refractivity contribution in [3.8, 4) is 12.3 Å². The molecule has 0 aromatic carbocycles. The van der Waals surface area contributed by atoms with Crippen molar-refractivity contribution in [3.63, 3.8) is 0 Å². The predicted octanol–water partition coefficient (Wildman–Crippen LogP) is -1.14. The van der Waals surface area contributed by atoms with Gasteiger partial charge in [0.2, 0.25) is 11.8 Å². The van der Waals surface area contributed by atoms with Gasteiger partial charge in [-0.2, -0.15) is 0 Å². The maximum absolute atomic E-state index is 11.5. The fourth-order valence-corrected chi connectivity index (χ4v) is 1.40. The first-order valence-corrected chi connectivity index (χ1v) is 4.80. The average molecular weight is 224 g/mol. The van der Waals surface area contributed by atoms with Crippen molar-refractivity contribution >= 4 is 17.8 Å². The van der Waals surface area contributed by atoms with E-state index < -0.39 is 24.0 Å². The zero-order chi connectivity index (χ0) is 12.1. The molecule has 6 nitrogen and oxygen atoms in total. The summed E-state index contributed by atoms with van der Waals surface area (Å²) in [7, 11) is 0. The molecule has 1 fully saturated rings. The maximum atomic E-state index is 11.5. The Morgan fingerprint density at radius 3 is 2.81 bits per heavy atom. The van der Waals surface area contributed by atoms with Gasteiger partial charge in [-0.3, -0.25) is 9.59 Å². The fourth-order valence-electron chi connectivity index (χ4n) is 1.40. The van der Waals surface area contributed by atoms with Gasteiger partial charge in [0.25, 0.3) is 0 Å². The summed E-state index contributed by atoms with van der Waals surface area (Å²) < 4.78 is 0. The predicted molar refractivity (Wildman–Crippen MR) is 54.2 cm³/mol. The van der Waals surface area contributed by atoms with Gasteiger partial charge in [-0.15, -0.1) is 12.3 Å². The van der Waals surface area contributed by atoms with Crippen LogP contribution in [0.1, 0.15) is 19.3 Å². The minimum atomic E-state index is -1.18. The highest BCUT2D eigenvalue weighted by Gasteiger charge is 2.29. The number of hydrogen-bond donors (Lipinski definition) is 3. The first kappa shape index (κ1) is 12.0. The number of carboxylic acids is 1. The van der Waals surface area contributed by atoms with Crippen LogP contribution in [0, 0.1) is 12.3 Å². The first-order valence-electron chi connectivity index (χ1n) is 4.80. The lowest BCUT2D eigenvalue weighted by molar-refractivity contribution is -0.141. The molecule has 0 bridgehead atoms. The molecule has 1 aliphatic rings. The second kappa shape index (κ2) is 5.16. The van der Waals surface area contributed by atoms with Crippen LogP contribution >= 0.6 is 0 Å². The number of rotatable bonds is 4. The molecule has 0 aliphatic carbocycles. The third-order valence-electron chi connectivity index (χ3n) is 2.25. The van der Waals surface area contributed by atoms with Gasteiger partial charge in [-0.25, -0.2) is 4.79 Å². The maximum Gasteiger partial charge on any atom is 0.327 e. The molecule has 0 aromatic rings. The Hall–Kier alpha value is -2.03. The molecule has 16 heavy (non-hydrogen) atoms. The minimum Gasteiger partial charge on any atom is -0.480 e. The molecule has 2 amide bonds. The Balaban J connectivity index is 2.52. The lowest BCUT2D eigenvalue weighted by Gasteiger charge is -2.15. The number of carbonyl (C=O) groups is 3. The summed E-state index contributed by atoms with van der Waals surface area (Å²) in [4.78, 5) is 33.1. The molecule has 1 heterocycles. The summed E-state index contributed by atoms with van der Waals surface area (Å²) in [6.45, 7) is 0. The van der Waals surface area contributed by atoms with E-state index in [9.17, 15) is 14.4 Å². The third kappa shape index (κ3) is 2.98. The van der Waals surface area contributed by atoms with Gasteiger partial charge in [0.1, 0.15) is 12.1 Å². The van der Waals surface area contributed by atoms with E-state index in [2.05, 4.69) is 16.6 Å². The Morgan fingerprint density at radius 2 is 2.38 bits per heavy atom. The highest BCUT2D eigenvalue weighted by atomic mass is 16.4. The van der Waals surface area contributed by atoms with Crippen LogP contribution in [0.3, 0.4) is 0 Å². The molecule has 2 atom stereocenters. The molecule has 0 aromatic heterocycles. The van der Waals surface area contributed by atoms with Crippen LogP contribution in [0.25, 0.3) is 0 Å². The van der Waals surface area contributed by atoms with Crippen molar-refractivity contribution in [2.45, 2.75) is 31.3 Å². The van der Waals surface area contributed by atoms with Crippen molar-refractivity contribution in [2.24, 2.45) is 0 Å². The Bertz CT molecular complexity index is 358. The van der Waals surface area contributed by atoms with Crippen molar-refractivity contribution in [3.05, 3.63) is 0 Å². The smallest absolute Gasteiger partial charge is 0.327 e. The number of hydrogen-bond acceptors (Lipinski definition) is 3. The number of carboxylic acid groups (broad SMARTS) is 1. The number of aliphatic carboxylic acids is 1. The standard InChI is InChI=1S/C10H12N2O4/c1-2-3-7(10(15)16)12-9(14)6-4-5-8(13)11-6/h1,6-7H,3-5H2,(H,11,13)(H,12,14)(H,15,16)/t6-,7-/m1/s1. The van der Waals surface area contributed by atoms with Gasteiger partial charge in [0.05, 0.1) is 0 Å². The van der Waals surface area contributed by atoms with Crippen molar-refractivity contribution in [2.75, 3.05) is 0 Å². The van der Waals surface area contributed by atoms with Gasteiger partial charge >= 0.3 is 5.97 Å². The van der Waals surface area contributed by atoms with Crippen LogP contribution in [-0.2, 0) is 14.4 Å². The number of nitrogens with one attached hydrogen (secondary N) is 2. The molecule has 1 rings (SSSR count). The van der Waals surface area contributed by atoms with E-state index in [4.69, 9.17) is 11.5 Å². The van der Waals surface area contributed by atoms with Gasteiger partial charge in [-0.05, 0) is 6.42 Å².